The molecule has 0 saturated heterocycles. The zero-order valence-electron chi connectivity index (χ0n) is 16.0. The molecule has 3 rings (SSSR count). The van der Waals surface area contributed by atoms with Gasteiger partial charge in [0.15, 0.2) is 0 Å². The van der Waals surface area contributed by atoms with Crippen molar-refractivity contribution in [1.29, 1.82) is 0 Å². The lowest BCUT2D eigenvalue weighted by Crippen LogP contribution is -2.31. The highest BCUT2D eigenvalue weighted by Gasteiger charge is 2.13. The largest absolute Gasteiger partial charge is 0.497 e. The molecule has 0 unspecified atom stereocenters. The van der Waals surface area contributed by atoms with E-state index < -0.39 is 0 Å². The van der Waals surface area contributed by atoms with Crippen LogP contribution in [-0.4, -0.2) is 48.3 Å². The smallest absolute Gasteiger partial charge is 0.247 e. The Bertz CT molecular complexity index is 878. The fourth-order valence-electron chi connectivity index (χ4n) is 2.55. The van der Waals surface area contributed by atoms with E-state index in [2.05, 4.69) is 10.2 Å². The molecule has 3 aromatic rings. The summed E-state index contributed by atoms with van der Waals surface area (Å²) in [5, 5.41) is 8.05. The molecule has 7 heteroatoms. The molecule has 0 aliphatic rings. The van der Waals surface area contributed by atoms with E-state index in [-0.39, 0.29) is 5.91 Å². The molecule has 146 valence electrons. The molecule has 0 spiro atoms. The molecule has 1 aromatic heterocycles. The number of amides is 1. The summed E-state index contributed by atoms with van der Waals surface area (Å²) < 4.78 is 16.4. The summed E-state index contributed by atoms with van der Waals surface area (Å²) in [6, 6.07) is 16.9. The SMILES string of the molecule is COc1ccc(OCCN(C)C(=O)CCc2nnc(-c3ccccc3)o2)cc1. The highest BCUT2D eigenvalue weighted by Crippen LogP contribution is 2.18. The van der Waals surface area contributed by atoms with Gasteiger partial charge in [-0.05, 0) is 36.4 Å². The number of hydrogen-bond donors (Lipinski definition) is 0. The number of carbonyl (C=O) groups excluding carboxylic acids is 1. The molecule has 0 fully saturated rings. The van der Waals surface area contributed by atoms with E-state index >= 15 is 0 Å². The van der Waals surface area contributed by atoms with Gasteiger partial charge in [-0.3, -0.25) is 4.79 Å². The monoisotopic (exact) mass is 381 g/mol. The van der Waals surface area contributed by atoms with Crippen molar-refractivity contribution in [1.82, 2.24) is 15.1 Å². The number of aryl methyl sites for hydroxylation is 1. The molecule has 0 bridgehead atoms. The van der Waals surface area contributed by atoms with Gasteiger partial charge in [0, 0.05) is 25.5 Å². The summed E-state index contributed by atoms with van der Waals surface area (Å²) in [7, 11) is 3.37. The van der Waals surface area contributed by atoms with Gasteiger partial charge in [-0.1, -0.05) is 18.2 Å². The van der Waals surface area contributed by atoms with E-state index in [0.717, 1.165) is 17.1 Å². The predicted molar refractivity (Wildman–Crippen MR) is 104 cm³/mol. The van der Waals surface area contributed by atoms with Crippen molar-refractivity contribution in [3.8, 4) is 23.0 Å². The Morgan fingerprint density at radius 2 is 1.75 bits per heavy atom. The molecular formula is C21H23N3O4. The van der Waals surface area contributed by atoms with Crippen LogP contribution in [0.2, 0.25) is 0 Å². The third-order valence-corrected chi connectivity index (χ3v) is 4.22. The molecule has 28 heavy (non-hydrogen) atoms. The molecule has 0 atom stereocenters. The summed E-state index contributed by atoms with van der Waals surface area (Å²) in [6.07, 6.45) is 0.706. The Hall–Kier alpha value is -3.35. The fraction of sp³-hybridized carbons (Fsp3) is 0.286. The summed E-state index contributed by atoms with van der Waals surface area (Å²) in [6.45, 7) is 0.900. The van der Waals surface area contributed by atoms with E-state index in [0.29, 0.717) is 37.8 Å². The number of methoxy groups -OCH3 is 1. The summed E-state index contributed by atoms with van der Waals surface area (Å²) in [4.78, 5) is 13.9. The number of benzene rings is 2. The average molecular weight is 381 g/mol. The van der Waals surface area contributed by atoms with Gasteiger partial charge in [0.2, 0.25) is 17.7 Å². The molecule has 0 saturated carbocycles. The average Bonchev–Trinajstić information content (AvgIpc) is 3.22. The number of rotatable bonds is 9. The first-order chi connectivity index (χ1) is 13.7. The second-order valence-electron chi connectivity index (χ2n) is 6.21. The maximum Gasteiger partial charge on any atom is 0.247 e. The molecular weight excluding hydrogens is 358 g/mol. The lowest BCUT2D eigenvalue weighted by atomic mass is 10.2. The Kier molecular flexibility index (Phi) is 6.62. The zero-order valence-corrected chi connectivity index (χ0v) is 16.0. The molecule has 0 aliphatic heterocycles. The van der Waals surface area contributed by atoms with Gasteiger partial charge in [0.05, 0.1) is 13.7 Å². The summed E-state index contributed by atoms with van der Waals surface area (Å²) in [5.41, 5.74) is 0.861. The van der Waals surface area contributed by atoms with Gasteiger partial charge in [-0.15, -0.1) is 10.2 Å². The van der Waals surface area contributed by atoms with E-state index in [1.54, 1.807) is 19.1 Å². The van der Waals surface area contributed by atoms with Gasteiger partial charge in [-0.25, -0.2) is 0 Å². The second-order valence-corrected chi connectivity index (χ2v) is 6.21. The van der Waals surface area contributed by atoms with Crippen molar-refractivity contribution in [3.05, 3.63) is 60.5 Å². The quantitative estimate of drug-likeness (QED) is 0.566. The normalized spacial score (nSPS) is 10.5. The van der Waals surface area contributed by atoms with Crippen LogP contribution in [0, 0.1) is 0 Å². The van der Waals surface area contributed by atoms with Crippen LogP contribution < -0.4 is 9.47 Å². The first-order valence-corrected chi connectivity index (χ1v) is 9.04. The van der Waals surface area contributed by atoms with Crippen LogP contribution in [0.15, 0.2) is 59.0 Å². The number of carbonyl (C=O) groups is 1. The van der Waals surface area contributed by atoms with E-state index in [1.807, 2.05) is 54.6 Å². The Morgan fingerprint density at radius 1 is 1.04 bits per heavy atom. The molecule has 0 radical (unpaired) electrons. The number of hydrogen-bond acceptors (Lipinski definition) is 6. The van der Waals surface area contributed by atoms with Gasteiger partial charge in [-0.2, -0.15) is 0 Å². The number of aromatic nitrogens is 2. The minimum Gasteiger partial charge on any atom is -0.497 e. The fourth-order valence-corrected chi connectivity index (χ4v) is 2.55. The van der Waals surface area contributed by atoms with Crippen molar-refractivity contribution in [2.45, 2.75) is 12.8 Å². The summed E-state index contributed by atoms with van der Waals surface area (Å²) in [5.74, 6) is 2.43. The predicted octanol–water partition coefficient (Wildman–Crippen LogP) is 3.22. The molecule has 1 heterocycles. The Balaban J connectivity index is 1.41. The lowest BCUT2D eigenvalue weighted by Gasteiger charge is -2.17. The number of ether oxygens (including phenoxy) is 2. The third-order valence-electron chi connectivity index (χ3n) is 4.22. The van der Waals surface area contributed by atoms with E-state index in [4.69, 9.17) is 13.9 Å². The van der Waals surface area contributed by atoms with Crippen molar-refractivity contribution in [3.63, 3.8) is 0 Å². The molecule has 0 aliphatic carbocycles. The van der Waals surface area contributed by atoms with Crippen LogP contribution in [0.4, 0.5) is 0 Å². The summed E-state index contributed by atoms with van der Waals surface area (Å²) >= 11 is 0. The molecule has 1 amide bonds. The van der Waals surface area contributed by atoms with Crippen LogP contribution >= 0.6 is 0 Å². The molecule has 2 aromatic carbocycles. The second kappa shape index (κ2) is 9.55. The van der Waals surface area contributed by atoms with Gasteiger partial charge in [0.1, 0.15) is 18.1 Å². The van der Waals surface area contributed by atoms with Gasteiger partial charge in [0.25, 0.3) is 0 Å². The van der Waals surface area contributed by atoms with E-state index in [1.165, 1.54) is 0 Å². The first-order valence-electron chi connectivity index (χ1n) is 9.04. The van der Waals surface area contributed by atoms with Crippen LogP contribution in [0.5, 0.6) is 11.5 Å². The number of nitrogens with zero attached hydrogens (tertiary/aromatic N) is 3. The number of likely N-dealkylation sites (N-methyl/N-ethyl adjacent to an activating group) is 1. The minimum atomic E-state index is -0.00204. The van der Waals surface area contributed by atoms with Crippen molar-refractivity contribution in [2.75, 3.05) is 27.3 Å². The van der Waals surface area contributed by atoms with Gasteiger partial charge < -0.3 is 18.8 Å². The van der Waals surface area contributed by atoms with Crippen LogP contribution in [0.1, 0.15) is 12.3 Å². The molecule has 0 N–H and O–H groups in total. The first kappa shape index (κ1) is 19.4. The maximum atomic E-state index is 12.3. The van der Waals surface area contributed by atoms with Crippen molar-refractivity contribution in [2.24, 2.45) is 0 Å². The van der Waals surface area contributed by atoms with Crippen LogP contribution in [0.25, 0.3) is 11.5 Å². The Morgan fingerprint density at radius 3 is 2.46 bits per heavy atom. The minimum absolute atomic E-state index is 0.00204. The topological polar surface area (TPSA) is 77.7 Å². The lowest BCUT2D eigenvalue weighted by molar-refractivity contribution is -0.130. The highest BCUT2D eigenvalue weighted by molar-refractivity contribution is 5.76. The highest BCUT2D eigenvalue weighted by atomic mass is 16.5. The van der Waals surface area contributed by atoms with Crippen molar-refractivity contribution >= 4 is 5.91 Å². The van der Waals surface area contributed by atoms with Crippen LogP contribution in [0.3, 0.4) is 0 Å². The standard InChI is InChI=1S/C21H23N3O4/c1-24(14-15-27-18-10-8-17(26-2)9-11-18)20(25)13-12-19-22-23-21(28-19)16-6-4-3-5-7-16/h3-11H,12-15H2,1-2H3. The zero-order chi connectivity index (χ0) is 19.8. The van der Waals surface area contributed by atoms with Crippen LogP contribution in [-0.2, 0) is 11.2 Å². The van der Waals surface area contributed by atoms with E-state index in [9.17, 15) is 4.79 Å². The molecule has 7 nitrogen and oxygen atoms in total. The Labute approximate surface area is 163 Å². The maximum absolute atomic E-state index is 12.3. The third kappa shape index (κ3) is 5.33. The van der Waals surface area contributed by atoms with Crippen molar-refractivity contribution < 1.29 is 18.7 Å². The van der Waals surface area contributed by atoms with Gasteiger partial charge >= 0.3 is 0 Å².